The molecule has 96 heavy (non-hydrogen) atoms. The van der Waals surface area contributed by atoms with Gasteiger partial charge in [0.25, 0.3) is 35.5 Å². The predicted octanol–water partition coefficient (Wildman–Crippen LogP) is 9.87. The molecule has 6 aromatic rings. The van der Waals surface area contributed by atoms with Gasteiger partial charge in [0, 0.05) is 85.0 Å². The number of piperidine rings is 3. The average molecular weight is 1410 g/mol. The lowest BCUT2D eigenvalue weighted by Crippen LogP contribution is -2.35. The Labute approximate surface area is 546 Å². The number of oxazole rings is 2. The lowest BCUT2D eigenvalue weighted by atomic mass is 10.1. The summed E-state index contributed by atoms with van der Waals surface area (Å²) in [5.74, 6) is -9.49. The van der Waals surface area contributed by atoms with Crippen LogP contribution in [0.2, 0.25) is 0 Å². The summed E-state index contributed by atoms with van der Waals surface area (Å²) in [6.45, 7) is 9.18. The van der Waals surface area contributed by atoms with Crippen LogP contribution in [0.15, 0.2) is 109 Å². The highest BCUT2D eigenvalue weighted by Crippen LogP contribution is 2.61. The fourth-order valence-corrected chi connectivity index (χ4v) is 14.1. The third-order valence-corrected chi connectivity index (χ3v) is 21.8. The number of carbonyl (C=O) groups excluding carboxylic acids is 3. The molecule has 0 N–H and O–H groups in total. The van der Waals surface area contributed by atoms with Crippen molar-refractivity contribution in [2.45, 2.75) is 141 Å². The molecule has 520 valence electrons. The number of nitrogens with zero attached hydrogens (tertiary/aromatic N) is 7. The summed E-state index contributed by atoms with van der Waals surface area (Å²) < 4.78 is 221. The molecule has 3 aliphatic heterocycles. The van der Waals surface area contributed by atoms with Gasteiger partial charge in [0.1, 0.15) is 40.8 Å². The number of aromatic nitrogens is 4. The average Bonchev–Trinajstić information content (AvgIpc) is 1.56. The molecule has 3 amide bonds. The Morgan fingerprint density at radius 1 is 0.531 bits per heavy atom. The summed E-state index contributed by atoms with van der Waals surface area (Å²) in [7, 11) is -10.9. The molecular formula is C63H68F9N7O14S3. The van der Waals surface area contributed by atoms with Crippen LogP contribution >= 0.6 is 0 Å². The molecule has 6 aliphatic rings. The first-order chi connectivity index (χ1) is 44.2. The van der Waals surface area contributed by atoms with Crippen molar-refractivity contribution in [1.82, 2.24) is 34.6 Å². The first-order valence-electron chi connectivity index (χ1n) is 30.0. The molecule has 3 aromatic carbocycles. The molecule has 0 radical (unpaired) electrons. The zero-order valence-corrected chi connectivity index (χ0v) is 55.8. The minimum absolute atomic E-state index is 0.000155. The molecule has 3 aliphatic carbocycles. The van der Waals surface area contributed by atoms with Crippen LogP contribution in [0.25, 0.3) is 0 Å². The van der Waals surface area contributed by atoms with Crippen LogP contribution in [0.1, 0.15) is 121 Å². The Balaban J connectivity index is 0.000000157. The van der Waals surface area contributed by atoms with Gasteiger partial charge in [-0.05, 0) is 125 Å². The number of fused-ring (bicyclic) bond motifs is 3. The van der Waals surface area contributed by atoms with Gasteiger partial charge in [-0.2, -0.15) is 13.2 Å². The van der Waals surface area contributed by atoms with Gasteiger partial charge in [0.2, 0.25) is 11.8 Å². The molecule has 0 bridgehead atoms. The normalized spacial score (nSPS) is 23.8. The minimum atomic E-state index is -4.65. The summed E-state index contributed by atoms with van der Waals surface area (Å²) in [6, 6.07) is 11.5. The van der Waals surface area contributed by atoms with Gasteiger partial charge in [-0.25, -0.2) is 71.5 Å². The summed E-state index contributed by atoms with van der Waals surface area (Å²) in [4.78, 5) is 60.3. The number of benzene rings is 3. The van der Waals surface area contributed by atoms with E-state index in [1.54, 1.807) is 29.1 Å². The Morgan fingerprint density at radius 3 is 1.23 bits per heavy atom. The summed E-state index contributed by atoms with van der Waals surface area (Å²) >= 11 is 0. The monoisotopic (exact) mass is 1410 g/mol. The third kappa shape index (κ3) is 14.6. The van der Waals surface area contributed by atoms with Crippen molar-refractivity contribution in [1.29, 1.82) is 0 Å². The summed E-state index contributed by atoms with van der Waals surface area (Å²) in [5, 5.41) is 0. The number of alkyl halides is 9. The smallest absolute Gasteiger partial charge is 0.433 e. The maximum Gasteiger partial charge on any atom is 0.433 e. The highest BCUT2D eigenvalue weighted by molar-refractivity contribution is 7.91. The zero-order chi connectivity index (χ0) is 70.6. The van der Waals surface area contributed by atoms with E-state index in [4.69, 9.17) is 23.0 Å². The largest absolute Gasteiger partial charge is 0.484 e. The van der Waals surface area contributed by atoms with Crippen LogP contribution in [0.4, 0.5) is 39.5 Å². The Morgan fingerprint density at radius 2 is 0.896 bits per heavy atom. The van der Waals surface area contributed by atoms with Gasteiger partial charge in [-0.1, -0.05) is 0 Å². The van der Waals surface area contributed by atoms with E-state index in [0.29, 0.717) is 57.1 Å². The maximum atomic E-state index is 13.7. The van der Waals surface area contributed by atoms with Gasteiger partial charge in [0.05, 0.1) is 60.0 Å². The van der Waals surface area contributed by atoms with Crippen molar-refractivity contribution >= 4 is 47.2 Å². The Kier molecular flexibility index (Phi) is 18.2. The lowest BCUT2D eigenvalue weighted by molar-refractivity contribution is -0.141. The first kappa shape index (κ1) is 71.0. The number of halogens is 9. The van der Waals surface area contributed by atoms with Crippen LogP contribution in [-0.2, 0) is 51.9 Å². The highest BCUT2D eigenvalue weighted by Gasteiger charge is 2.67. The van der Waals surface area contributed by atoms with Crippen molar-refractivity contribution in [2.75, 3.05) is 58.0 Å². The molecule has 6 fully saturated rings. The molecule has 3 saturated heterocycles. The lowest BCUT2D eigenvalue weighted by Gasteiger charge is -2.25. The molecule has 0 spiro atoms. The van der Waals surface area contributed by atoms with Crippen molar-refractivity contribution in [2.24, 2.45) is 17.8 Å². The van der Waals surface area contributed by atoms with Gasteiger partial charge >= 0.3 is 6.18 Å². The number of likely N-dealkylation sites (tertiary alicyclic amines) is 3. The van der Waals surface area contributed by atoms with Crippen molar-refractivity contribution in [3.05, 3.63) is 131 Å². The van der Waals surface area contributed by atoms with E-state index in [-0.39, 0.29) is 96.1 Å². The molecule has 3 aromatic heterocycles. The second-order valence-corrected chi connectivity index (χ2v) is 32.1. The van der Waals surface area contributed by atoms with Gasteiger partial charge in [0.15, 0.2) is 47.8 Å². The van der Waals surface area contributed by atoms with Crippen LogP contribution < -0.4 is 14.2 Å². The van der Waals surface area contributed by atoms with Crippen LogP contribution in [0.3, 0.4) is 0 Å². The number of carbonyl (C=O) groups is 3. The maximum absolute atomic E-state index is 13.7. The number of amides is 3. The zero-order valence-electron chi connectivity index (χ0n) is 53.4. The minimum Gasteiger partial charge on any atom is -0.484 e. The third-order valence-electron chi connectivity index (χ3n) is 18.5. The molecule has 33 heteroatoms. The molecule has 12 rings (SSSR count). The SMILES string of the molecule is CC(Oc1ccc(S(C)(=O)=O)cc1C(=O)N1CC2CC2(c2nccc(C(F)(F)F)n2)C1)C(C)(F)F.CC(Oc1ccc(S(C)(=O)=O)cc1C(=O)N1CC2CC2(c2ncco2)C1)C(C)(F)F.Cc1cnc(C23CC2CN(C(=O)c2cc(S(C)(=O)=O)ccc2OC(C)C(C)(F)F)C3)o1. The van der Waals surface area contributed by atoms with Crippen molar-refractivity contribution in [3.8, 4) is 17.2 Å². The molecule has 9 atom stereocenters. The number of hydrogen-bond acceptors (Lipinski definition) is 18. The van der Waals surface area contributed by atoms with E-state index < -0.39 is 101 Å². The van der Waals surface area contributed by atoms with Crippen LogP contribution in [0, 0.1) is 24.7 Å². The second kappa shape index (κ2) is 24.6. The van der Waals surface area contributed by atoms with Crippen LogP contribution in [0.5, 0.6) is 17.2 Å². The molecular weight excluding hydrogens is 1350 g/mol. The number of sulfone groups is 3. The fraction of sp³-hybridized carbons (Fsp3) is 0.508. The van der Waals surface area contributed by atoms with Crippen molar-refractivity contribution < 1.29 is 102 Å². The topological polar surface area (TPSA) is 269 Å². The van der Waals surface area contributed by atoms with Gasteiger partial charge in [-0.15, -0.1) is 0 Å². The van der Waals surface area contributed by atoms with E-state index in [1.165, 1.54) is 61.4 Å². The first-order valence-corrected chi connectivity index (χ1v) is 35.7. The highest BCUT2D eigenvalue weighted by atomic mass is 32.2. The van der Waals surface area contributed by atoms with E-state index in [1.807, 2.05) is 0 Å². The molecule has 6 heterocycles. The number of hydrogen-bond donors (Lipinski definition) is 0. The number of ether oxygens (including phenoxy) is 3. The van der Waals surface area contributed by atoms with E-state index >= 15 is 0 Å². The van der Waals surface area contributed by atoms with E-state index in [0.717, 1.165) is 82.8 Å². The molecule has 21 nitrogen and oxygen atoms in total. The van der Waals surface area contributed by atoms with Gasteiger partial charge < -0.3 is 37.7 Å². The summed E-state index contributed by atoms with van der Waals surface area (Å²) in [5.41, 5.74) is -2.96. The van der Waals surface area contributed by atoms with E-state index in [2.05, 4.69) is 19.9 Å². The van der Waals surface area contributed by atoms with Gasteiger partial charge in [-0.3, -0.25) is 14.4 Å². The number of rotatable bonds is 18. The second-order valence-electron chi connectivity index (χ2n) is 26.0. The summed E-state index contributed by atoms with van der Waals surface area (Å²) in [6.07, 6.45) is 1.59. The van der Waals surface area contributed by atoms with Crippen molar-refractivity contribution in [3.63, 3.8) is 0 Å². The Hall–Kier alpha value is -7.81. The molecule has 9 unspecified atom stereocenters. The standard InChI is InChI=1S/C22H22F5N3O4S.C21H24F2N2O5S.C20H22F2N2O5S/c1-12(20(2,23)24)34-16-5-4-14(35(3,32)33)8-15(16)18(31)30-10-13-9-21(13,11-30)19-28-7-6-17(29-19)22(25,26)27;1-12-9-24-19(29-12)21-8-14(21)10-25(11-21)18(26)16-7-15(31(4,27)28)5-6-17(16)30-13(2)20(3,22)23;1-12(19(2,21)22)29-16-5-4-14(30(3,26)27)8-15(16)17(25)24-10-13-9-20(13,11-24)18-23-6-7-28-18/h4-8,12-13H,9-11H2,1-3H3;5-7,9,13-14H,8,10-11H2,1-4H3;4-8,12-13H,9-11H2,1-3H3. The van der Waals surface area contributed by atoms with Crippen LogP contribution in [-0.4, -0.2) is 172 Å². The quantitative estimate of drug-likeness (QED) is 0.0724. The fourth-order valence-electron chi connectivity index (χ4n) is 12.2. The Bertz CT molecular complexity index is 4370. The predicted molar refractivity (Wildman–Crippen MR) is 323 cm³/mol. The number of aryl methyl sites for hydroxylation is 1. The van der Waals surface area contributed by atoms with E-state index in [9.17, 15) is 79.2 Å². The molecule has 3 saturated carbocycles.